The van der Waals surface area contributed by atoms with Gasteiger partial charge in [0.1, 0.15) is 12.4 Å². The summed E-state index contributed by atoms with van der Waals surface area (Å²) in [6, 6.07) is 1.21. The molecule has 1 atom stereocenters. The molecule has 0 saturated carbocycles. The molecule has 3 rings (SSSR count). The number of hydrogen-bond donors (Lipinski definition) is 1. The summed E-state index contributed by atoms with van der Waals surface area (Å²) in [6.45, 7) is 3.03. The number of nitrogens with zero attached hydrogens (tertiary/aromatic N) is 4. The van der Waals surface area contributed by atoms with E-state index in [0.29, 0.717) is 32.7 Å². The SMILES string of the molecule is O=C(O)CN1CCCCC(N2CCN(c3cncc(F)c3)CC2)C1=O. The Labute approximate surface area is 146 Å². The number of amides is 1. The molecule has 1 aromatic heterocycles. The Hall–Kier alpha value is -2.22. The molecule has 2 aliphatic heterocycles. The second-order valence-electron chi connectivity index (χ2n) is 6.55. The van der Waals surface area contributed by atoms with Gasteiger partial charge in [0, 0.05) is 38.8 Å². The molecule has 25 heavy (non-hydrogen) atoms. The minimum Gasteiger partial charge on any atom is -0.480 e. The van der Waals surface area contributed by atoms with Gasteiger partial charge in [-0.05, 0) is 19.3 Å². The number of likely N-dealkylation sites (tertiary alicyclic amines) is 1. The van der Waals surface area contributed by atoms with Crippen LogP contribution in [0.4, 0.5) is 10.1 Å². The minimum atomic E-state index is -0.975. The maximum absolute atomic E-state index is 13.3. The van der Waals surface area contributed by atoms with E-state index in [-0.39, 0.29) is 24.3 Å². The molecule has 7 nitrogen and oxygen atoms in total. The van der Waals surface area contributed by atoms with E-state index in [9.17, 15) is 14.0 Å². The summed E-state index contributed by atoms with van der Waals surface area (Å²) >= 11 is 0. The van der Waals surface area contributed by atoms with Crippen molar-refractivity contribution in [3.8, 4) is 0 Å². The lowest BCUT2D eigenvalue weighted by Gasteiger charge is -2.40. The molecule has 8 heteroatoms. The van der Waals surface area contributed by atoms with Gasteiger partial charge in [0.15, 0.2) is 0 Å². The van der Waals surface area contributed by atoms with E-state index < -0.39 is 5.97 Å². The number of pyridine rings is 1. The molecule has 0 spiro atoms. The predicted octanol–water partition coefficient (Wildman–Crippen LogP) is 0.808. The quantitative estimate of drug-likeness (QED) is 0.866. The Morgan fingerprint density at radius 2 is 1.96 bits per heavy atom. The van der Waals surface area contributed by atoms with Crippen molar-refractivity contribution in [2.24, 2.45) is 0 Å². The summed E-state index contributed by atoms with van der Waals surface area (Å²) < 4.78 is 13.3. The van der Waals surface area contributed by atoms with Crippen molar-refractivity contribution < 1.29 is 19.1 Å². The molecule has 1 N–H and O–H groups in total. The third-order valence-electron chi connectivity index (χ3n) is 4.89. The number of halogens is 1. The smallest absolute Gasteiger partial charge is 0.323 e. The molecule has 0 aliphatic carbocycles. The van der Waals surface area contributed by atoms with Gasteiger partial charge >= 0.3 is 5.97 Å². The van der Waals surface area contributed by atoms with Gasteiger partial charge in [-0.15, -0.1) is 0 Å². The zero-order chi connectivity index (χ0) is 17.8. The highest BCUT2D eigenvalue weighted by Crippen LogP contribution is 2.21. The van der Waals surface area contributed by atoms with Crippen LogP contribution in [0.1, 0.15) is 19.3 Å². The molecule has 2 fully saturated rings. The zero-order valence-corrected chi connectivity index (χ0v) is 14.1. The number of aromatic nitrogens is 1. The molecule has 1 aromatic rings. The lowest BCUT2D eigenvalue weighted by molar-refractivity contribution is -0.146. The van der Waals surface area contributed by atoms with Gasteiger partial charge in [-0.3, -0.25) is 19.5 Å². The molecule has 0 aromatic carbocycles. The summed E-state index contributed by atoms with van der Waals surface area (Å²) in [5.41, 5.74) is 0.749. The molecule has 136 valence electrons. The van der Waals surface area contributed by atoms with Crippen LogP contribution in [-0.4, -0.2) is 77.1 Å². The predicted molar refractivity (Wildman–Crippen MR) is 89.8 cm³/mol. The first kappa shape index (κ1) is 17.6. The van der Waals surface area contributed by atoms with Crippen molar-refractivity contribution >= 4 is 17.6 Å². The van der Waals surface area contributed by atoms with Crippen molar-refractivity contribution in [2.75, 3.05) is 44.2 Å². The number of carboxylic acid groups (broad SMARTS) is 1. The third-order valence-corrected chi connectivity index (χ3v) is 4.89. The molecule has 3 heterocycles. The zero-order valence-electron chi connectivity index (χ0n) is 14.1. The Morgan fingerprint density at radius 1 is 1.20 bits per heavy atom. The van der Waals surface area contributed by atoms with Crippen LogP contribution in [-0.2, 0) is 9.59 Å². The van der Waals surface area contributed by atoms with Crippen molar-refractivity contribution in [1.82, 2.24) is 14.8 Å². The number of rotatable bonds is 4. The maximum Gasteiger partial charge on any atom is 0.323 e. The highest BCUT2D eigenvalue weighted by atomic mass is 19.1. The van der Waals surface area contributed by atoms with E-state index in [2.05, 4.69) is 14.8 Å². The second-order valence-corrected chi connectivity index (χ2v) is 6.55. The summed E-state index contributed by atoms with van der Waals surface area (Å²) in [4.78, 5) is 33.2. The summed E-state index contributed by atoms with van der Waals surface area (Å²) in [5.74, 6) is -1.42. The van der Waals surface area contributed by atoms with Crippen molar-refractivity contribution in [1.29, 1.82) is 0 Å². The van der Waals surface area contributed by atoms with Crippen molar-refractivity contribution in [3.05, 3.63) is 24.3 Å². The number of piperazine rings is 1. The maximum atomic E-state index is 13.3. The van der Waals surface area contributed by atoms with Gasteiger partial charge in [0.2, 0.25) is 5.91 Å². The number of anilines is 1. The first-order valence-electron chi connectivity index (χ1n) is 8.65. The highest BCUT2D eigenvalue weighted by Gasteiger charge is 2.34. The fourth-order valence-corrected chi connectivity index (χ4v) is 3.61. The first-order chi connectivity index (χ1) is 12.0. The molecule has 2 aliphatic rings. The van der Waals surface area contributed by atoms with Gasteiger partial charge in [0.05, 0.1) is 24.1 Å². The molecular weight excluding hydrogens is 327 g/mol. The van der Waals surface area contributed by atoms with Gasteiger partial charge in [-0.2, -0.15) is 0 Å². The number of carbonyl (C=O) groups is 2. The fourth-order valence-electron chi connectivity index (χ4n) is 3.61. The number of hydrogen-bond acceptors (Lipinski definition) is 5. The van der Waals surface area contributed by atoms with Crippen LogP contribution in [0, 0.1) is 5.82 Å². The van der Waals surface area contributed by atoms with Crippen molar-refractivity contribution in [3.63, 3.8) is 0 Å². The average Bonchev–Trinajstić information content (AvgIpc) is 2.77. The van der Waals surface area contributed by atoms with E-state index in [1.54, 1.807) is 6.20 Å². The monoisotopic (exact) mass is 350 g/mol. The number of carboxylic acids is 1. The minimum absolute atomic E-state index is 0.0826. The summed E-state index contributed by atoms with van der Waals surface area (Å²) in [5, 5.41) is 9.00. The van der Waals surface area contributed by atoms with Crippen LogP contribution in [0.2, 0.25) is 0 Å². The van der Waals surface area contributed by atoms with E-state index in [0.717, 1.165) is 24.9 Å². The molecule has 0 bridgehead atoms. The molecule has 1 unspecified atom stereocenters. The normalized spacial score (nSPS) is 22.8. The third kappa shape index (κ3) is 4.25. The largest absolute Gasteiger partial charge is 0.480 e. The topological polar surface area (TPSA) is 77.0 Å². The van der Waals surface area contributed by atoms with E-state index in [1.807, 2.05) is 0 Å². The molecule has 0 radical (unpaired) electrons. The fraction of sp³-hybridized carbons (Fsp3) is 0.588. The Bertz CT molecular complexity index is 634. The van der Waals surface area contributed by atoms with Crippen LogP contribution < -0.4 is 4.90 Å². The van der Waals surface area contributed by atoms with Crippen LogP contribution >= 0.6 is 0 Å². The Balaban J connectivity index is 1.63. The molecular formula is C17H23FN4O3. The number of carbonyl (C=O) groups excluding carboxylic acids is 1. The van der Waals surface area contributed by atoms with Gasteiger partial charge in [-0.25, -0.2) is 4.39 Å². The summed E-state index contributed by atoms with van der Waals surface area (Å²) in [7, 11) is 0. The Morgan fingerprint density at radius 3 is 2.64 bits per heavy atom. The van der Waals surface area contributed by atoms with Gasteiger partial charge < -0.3 is 14.9 Å². The van der Waals surface area contributed by atoms with Crippen LogP contribution in [0.25, 0.3) is 0 Å². The van der Waals surface area contributed by atoms with Crippen molar-refractivity contribution in [2.45, 2.75) is 25.3 Å². The average molecular weight is 350 g/mol. The first-order valence-corrected chi connectivity index (χ1v) is 8.65. The molecule has 2 saturated heterocycles. The standard InChI is InChI=1S/C17H23FN4O3/c18-13-9-14(11-19-10-13)20-5-7-21(8-6-20)15-3-1-2-4-22(17(15)25)12-16(23)24/h9-11,15H,1-8,12H2,(H,23,24). The highest BCUT2D eigenvalue weighted by molar-refractivity contribution is 5.85. The van der Waals surface area contributed by atoms with E-state index >= 15 is 0 Å². The lowest BCUT2D eigenvalue weighted by Crippen LogP contribution is -2.55. The van der Waals surface area contributed by atoms with Gasteiger partial charge in [-0.1, -0.05) is 0 Å². The van der Waals surface area contributed by atoms with E-state index in [4.69, 9.17) is 5.11 Å². The van der Waals surface area contributed by atoms with Gasteiger partial charge in [0.25, 0.3) is 0 Å². The van der Waals surface area contributed by atoms with Crippen LogP contribution in [0.15, 0.2) is 18.5 Å². The second kappa shape index (κ2) is 7.77. The van der Waals surface area contributed by atoms with Crippen LogP contribution in [0.3, 0.4) is 0 Å². The lowest BCUT2D eigenvalue weighted by atomic mass is 10.1. The van der Waals surface area contributed by atoms with E-state index in [1.165, 1.54) is 17.2 Å². The van der Waals surface area contributed by atoms with Crippen LogP contribution in [0.5, 0.6) is 0 Å². The number of aliphatic carboxylic acids is 1. The molecule has 1 amide bonds. The Kier molecular flexibility index (Phi) is 5.47. The summed E-state index contributed by atoms with van der Waals surface area (Å²) in [6.07, 6.45) is 5.34.